The molecule has 3 nitrogen and oxygen atoms in total. The van der Waals surface area contributed by atoms with Crippen molar-refractivity contribution >= 4 is 0 Å². The number of aliphatic hydroxyl groups excluding tert-OH is 1. The van der Waals surface area contributed by atoms with Crippen LogP contribution in [0.15, 0.2) is 36.4 Å². The Morgan fingerprint density at radius 3 is 2.53 bits per heavy atom. The van der Waals surface area contributed by atoms with Crippen molar-refractivity contribution in [2.75, 3.05) is 0 Å². The molecule has 0 aliphatic carbocycles. The smallest absolute Gasteiger partial charge is 0.154 e. The molecule has 0 spiro atoms. The highest BCUT2D eigenvalue weighted by Gasteiger charge is 2.02. The van der Waals surface area contributed by atoms with E-state index in [4.69, 9.17) is 5.11 Å². The van der Waals surface area contributed by atoms with Crippen molar-refractivity contribution in [1.82, 2.24) is 9.97 Å². The van der Waals surface area contributed by atoms with E-state index >= 15 is 0 Å². The topological polar surface area (TPSA) is 46.0 Å². The van der Waals surface area contributed by atoms with Gasteiger partial charge in [-0.1, -0.05) is 30.3 Å². The first-order valence-corrected chi connectivity index (χ1v) is 4.80. The monoisotopic (exact) mass is 200 g/mol. The number of benzene rings is 1. The fourth-order valence-electron chi connectivity index (χ4n) is 1.46. The molecular formula is C12H12N2O. The van der Waals surface area contributed by atoms with Crippen LogP contribution in [0.25, 0.3) is 11.3 Å². The average Bonchev–Trinajstić information content (AvgIpc) is 2.29. The molecule has 2 aromatic rings. The predicted molar refractivity (Wildman–Crippen MR) is 58.1 cm³/mol. The average molecular weight is 200 g/mol. The van der Waals surface area contributed by atoms with Gasteiger partial charge in [-0.3, -0.25) is 0 Å². The maximum absolute atomic E-state index is 9.01. The minimum atomic E-state index is -0.123. The van der Waals surface area contributed by atoms with E-state index < -0.39 is 0 Å². The zero-order chi connectivity index (χ0) is 10.7. The fourth-order valence-corrected chi connectivity index (χ4v) is 1.46. The first kappa shape index (κ1) is 9.80. The number of hydrogen-bond donors (Lipinski definition) is 1. The lowest BCUT2D eigenvalue weighted by atomic mass is 10.1. The summed E-state index contributed by atoms with van der Waals surface area (Å²) in [6.45, 7) is 1.77. The van der Waals surface area contributed by atoms with Crippen LogP contribution in [0, 0.1) is 6.92 Å². The third kappa shape index (κ3) is 2.19. The standard InChI is InChI=1S/C12H12N2O/c1-9-7-11(14-12(8-15)13-9)10-5-3-2-4-6-10/h2-7,15H,8H2,1H3. The van der Waals surface area contributed by atoms with Gasteiger partial charge < -0.3 is 5.11 Å². The molecule has 15 heavy (non-hydrogen) atoms. The van der Waals surface area contributed by atoms with Gasteiger partial charge in [-0.05, 0) is 13.0 Å². The number of aliphatic hydroxyl groups is 1. The molecule has 3 heteroatoms. The zero-order valence-corrected chi connectivity index (χ0v) is 8.51. The van der Waals surface area contributed by atoms with E-state index in [1.54, 1.807) is 0 Å². The van der Waals surface area contributed by atoms with Crippen LogP contribution in [-0.2, 0) is 6.61 Å². The largest absolute Gasteiger partial charge is 0.388 e. The number of aryl methyl sites for hydroxylation is 1. The van der Waals surface area contributed by atoms with Crippen LogP contribution in [0.2, 0.25) is 0 Å². The quantitative estimate of drug-likeness (QED) is 0.805. The highest BCUT2D eigenvalue weighted by molar-refractivity contribution is 5.58. The number of nitrogens with zero attached hydrogens (tertiary/aromatic N) is 2. The molecule has 1 aromatic carbocycles. The summed E-state index contributed by atoms with van der Waals surface area (Å²) in [7, 11) is 0. The van der Waals surface area contributed by atoms with Crippen molar-refractivity contribution in [3.8, 4) is 11.3 Å². The van der Waals surface area contributed by atoms with Gasteiger partial charge in [0.15, 0.2) is 5.82 Å². The van der Waals surface area contributed by atoms with Gasteiger partial charge in [0.1, 0.15) is 6.61 Å². The summed E-state index contributed by atoms with van der Waals surface area (Å²) in [5.41, 5.74) is 2.76. The van der Waals surface area contributed by atoms with Gasteiger partial charge in [-0.2, -0.15) is 0 Å². The highest BCUT2D eigenvalue weighted by Crippen LogP contribution is 2.16. The van der Waals surface area contributed by atoms with E-state index in [2.05, 4.69) is 9.97 Å². The van der Waals surface area contributed by atoms with Crippen LogP contribution in [-0.4, -0.2) is 15.1 Å². The third-order valence-corrected chi connectivity index (χ3v) is 2.11. The summed E-state index contributed by atoms with van der Waals surface area (Å²) in [5.74, 6) is 0.467. The fraction of sp³-hybridized carbons (Fsp3) is 0.167. The molecule has 0 saturated heterocycles. The zero-order valence-electron chi connectivity index (χ0n) is 8.51. The molecule has 0 saturated carbocycles. The molecule has 1 N–H and O–H groups in total. The first-order chi connectivity index (χ1) is 7.29. The minimum absolute atomic E-state index is 0.123. The third-order valence-electron chi connectivity index (χ3n) is 2.11. The van der Waals surface area contributed by atoms with Crippen LogP contribution in [0.4, 0.5) is 0 Å². The van der Waals surface area contributed by atoms with Crippen LogP contribution >= 0.6 is 0 Å². The SMILES string of the molecule is Cc1cc(-c2ccccc2)nc(CO)n1. The maximum Gasteiger partial charge on any atom is 0.154 e. The molecule has 0 aliphatic rings. The van der Waals surface area contributed by atoms with E-state index in [0.717, 1.165) is 17.0 Å². The highest BCUT2D eigenvalue weighted by atomic mass is 16.3. The van der Waals surface area contributed by atoms with Gasteiger partial charge in [0.2, 0.25) is 0 Å². The van der Waals surface area contributed by atoms with Crippen molar-refractivity contribution in [3.63, 3.8) is 0 Å². The molecule has 0 radical (unpaired) electrons. The molecule has 2 rings (SSSR count). The Labute approximate surface area is 88.5 Å². The molecule has 0 fully saturated rings. The molecule has 76 valence electrons. The van der Waals surface area contributed by atoms with E-state index in [1.165, 1.54) is 0 Å². The Hall–Kier alpha value is -1.74. The molecule has 0 bridgehead atoms. The first-order valence-electron chi connectivity index (χ1n) is 4.80. The summed E-state index contributed by atoms with van der Waals surface area (Å²) in [6.07, 6.45) is 0. The van der Waals surface area contributed by atoms with E-state index in [0.29, 0.717) is 5.82 Å². The molecule has 0 unspecified atom stereocenters. The Bertz CT molecular complexity index is 454. The van der Waals surface area contributed by atoms with Crippen molar-refractivity contribution in [2.24, 2.45) is 0 Å². The summed E-state index contributed by atoms with van der Waals surface area (Å²) >= 11 is 0. The Morgan fingerprint density at radius 2 is 1.87 bits per heavy atom. The lowest BCUT2D eigenvalue weighted by molar-refractivity contribution is 0.271. The lowest BCUT2D eigenvalue weighted by Gasteiger charge is -2.03. The Kier molecular flexibility index (Phi) is 2.74. The Balaban J connectivity index is 2.49. The molecule has 1 heterocycles. The molecule has 0 amide bonds. The normalized spacial score (nSPS) is 10.3. The summed E-state index contributed by atoms with van der Waals surface area (Å²) < 4.78 is 0. The van der Waals surface area contributed by atoms with Gasteiger partial charge >= 0.3 is 0 Å². The van der Waals surface area contributed by atoms with Crippen molar-refractivity contribution in [1.29, 1.82) is 0 Å². The van der Waals surface area contributed by atoms with Gasteiger partial charge in [0.25, 0.3) is 0 Å². The summed E-state index contributed by atoms with van der Waals surface area (Å²) in [6, 6.07) is 11.8. The Morgan fingerprint density at radius 1 is 1.13 bits per heavy atom. The van der Waals surface area contributed by atoms with Crippen LogP contribution in [0.3, 0.4) is 0 Å². The minimum Gasteiger partial charge on any atom is -0.388 e. The van der Waals surface area contributed by atoms with Gasteiger partial charge in [-0.25, -0.2) is 9.97 Å². The molecule has 1 aromatic heterocycles. The molecule has 0 aliphatic heterocycles. The van der Waals surface area contributed by atoms with E-state index in [1.807, 2.05) is 43.3 Å². The molecule has 0 atom stereocenters. The molecular weight excluding hydrogens is 188 g/mol. The van der Waals surface area contributed by atoms with E-state index in [9.17, 15) is 0 Å². The van der Waals surface area contributed by atoms with Crippen LogP contribution in [0.1, 0.15) is 11.5 Å². The second kappa shape index (κ2) is 4.19. The van der Waals surface area contributed by atoms with Crippen LogP contribution in [0.5, 0.6) is 0 Å². The van der Waals surface area contributed by atoms with Gasteiger partial charge in [0.05, 0.1) is 5.69 Å². The van der Waals surface area contributed by atoms with Crippen molar-refractivity contribution < 1.29 is 5.11 Å². The van der Waals surface area contributed by atoms with E-state index in [-0.39, 0.29) is 6.61 Å². The van der Waals surface area contributed by atoms with Crippen LogP contribution < -0.4 is 0 Å². The number of aromatic nitrogens is 2. The number of hydrogen-bond acceptors (Lipinski definition) is 3. The summed E-state index contributed by atoms with van der Waals surface area (Å²) in [4.78, 5) is 8.38. The van der Waals surface area contributed by atoms with Gasteiger partial charge in [-0.15, -0.1) is 0 Å². The predicted octanol–water partition coefficient (Wildman–Crippen LogP) is 1.94. The van der Waals surface area contributed by atoms with Gasteiger partial charge in [0, 0.05) is 11.3 Å². The van der Waals surface area contributed by atoms with Crippen molar-refractivity contribution in [3.05, 3.63) is 47.9 Å². The second-order valence-electron chi connectivity index (χ2n) is 3.33. The summed E-state index contributed by atoms with van der Waals surface area (Å²) in [5, 5.41) is 9.01. The van der Waals surface area contributed by atoms with Crippen molar-refractivity contribution in [2.45, 2.75) is 13.5 Å². The lowest BCUT2D eigenvalue weighted by Crippen LogP contribution is -1.98. The second-order valence-corrected chi connectivity index (χ2v) is 3.33. The maximum atomic E-state index is 9.01. The number of rotatable bonds is 2.